The molecule has 4 nitrogen and oxygen atoms in total. The van der Waals surface area contributed by atoms with Crippen molar-refractivity contribution in [2.24, 2.45) is 5.92 Å². The van der Waals surface area contributed by atoms with Crippen molar-refractivity contribution in [2.45, 2.75) is 39.2 Å². The number of likely N-dealkylation sites (tertiary alicyclic amines) is 1. The number of carboxylic acid groups (broad SMARTS) is 1. The fourth-order valence-electron chi connectivity index (χ4n) is 4.13. The molecule has 0 spiro atoms. The van der Waals surface area contributed by atoms with Crippen LogP contribution in [0.5, 0.6) is 0 Å². The number of nitrogens with zero attached hydrogens (tertiary/aromatic N) is 1. The average molecular weight is 454 g/mol. The molecule has 2 atom stereocenters. The SMILES string of the molecule is Cc1cc(F)ccc1CC(OCCN1CCC[C@@H](C(=O)O)C1)c1ccc(F)cc1C.Cl. The van der Waals surface area contributed by atoms with Gasteiger partial charge in [-0.3, -0.25) is 4.79 Å². The van der Waals surface area contributed by atoms with Crippen LogP contribution in [-0.2, 0) is 16.0 Å². The maximum Gasteiger partial charge on any atom is 0.307 e. The van der Waals surface area contributed by atoms with E-state index in [4.69, 9.17) is 4.74 Å². The summed E-state index contributed by atoms with van der Waals surface area (Å²) in [7, 11) is 0. The van der Waals surface area contributed by atoms with Gasteiger partial charge in [0, 0.05) is 19.5 Å². The van der Waals surface area contributed by atoms with Crippen molar-refractivity contribution in [1.82, 2.24) is 4.90 Å². The van der Waals surface area contributed by atoms with Crippen molar-refractivity contribution < 1.29 is 23.4 Å². The van der Waals surface area contributed by atoms with Gasteiger partial charge in [0.05, 0.1) is 18.6 Å². The zero-order valence-electron chi connectivity index (χ0n) is 17.9. The molecule has 1 heterocycles. The largest absolute Gasteiger partial charge is 0.481 e. The van der Waals surface area contributed by atoms with E-state index in [1.807, 2.05) is 13.8 Å². The van der Waals surface area contributed by atoms with Crippen LogP contribution in [0.2, 0.25) is 0 Å². The Morgan fingerprint density at radius 2 is 1.84 bits per heavy atom. The Hall–Kier alpha value is -2.02. The molecule has 1 N–H and O–H groups in total. The summed E-state index contributed by atoms with van der Waals surface area (Å²) < 4.78 is 33.3. The molecule has 1 fully saturated rings. The zero-order valence-corrected chi connectivity index (χ0v) is 18.8. The fraction of sp³-hybridized carbons (Fsp3) is 0.458. The van der Waals surface area contributed by atoms with Crippen molar-refractivity contribution in [3.8, 4) is 0 Å². The molecule has 2 aromatic carbocycles. The van der Waals surface area contributed by atoms with Crippen molar-refractivity contribution in [3.63, 3.8) is 0 Å². The Kier molecular flexibility index (Phi) is 9.41. The Balaban J connectivity index is 0.00000341. The number of halogens is 3. The maximum atomic E-state index is 13.6. The standard InChI is InChI=1S/C24H29F2NO3.ClH/c1-16-12-20(25)6-5-18(16)14-23(22-8-7-21(26)13-17(22)2)30-11-10-27-9-3-4-19(15-27)24(28)29;/h5-8,12-13,19,23H,3-4,9-11,14-15H2,1-2H3,(H,28,29);1H/t19-,23?;/m1./s1. The molecule has 2 aromatic rings. The summed E-state index contributed by atoms with van der Waals surface area (Å²) in [6.07, 6.45) is 1.84. The van der Waals surface area contributed by atoms with Gasteiger partial charge >= 0.3 is 5.97 Å². The Labute approximate surface area is 188 Å². The van der Waals surface area contributed by atoms with Crippen LogP contribution in [-0.4, -0.2) is 42.2 Å². The second-order valence-corrected chi connectivity index (χ2v) is 8.11. The molecule has 0 radical (unpaired) electrons. The van der Waals surface area contributed by atoms with Crippen LogP contribution < -0.4 is 0 Å². The van der Waals surface area contributed by atoms with Crippen LogP contribution in [0.3, 0.4) is 0 Å². The molecule has 1 unspecified atom stereocenters. The molecule has 31 heavy (non-hydrogen) atoms. The minimum Gasteiger partial charge on any atom is -0.481 e. The lowest BCUT2D eigenvalue weighted by Crippen LogP contribution is -2.40. The van der Waals surface area contributed by atoms with Gasteiger partial charge in [-0.05, 0) is 79.8 Å². The monoisotopic (exact) mass is 453 g/mol. The molecule has 0 amide bonds. The molecule has 170 valence electrons. The lowest BCUT2D eigenvalue weighted by atomic mass is 9.95. The summed E-state index contributed by atoms with van der Waals surface area (Å²) in [5.41, 5.74) is 3.54. The van der Waals surface area contributed by atoms with Crippen molar-refractivity contribution in [1.29, 1.82) is 0 Å². The first-order valence-corrected chi connectivity index (χ1v) is 10.4. The van der Waals surface area contributed by atoms with E-state index < -0.39 is 5.97 Å². The van der Waals surface area contributed by atoms with Gasteiger partial charge in [0.1, 0.15) is 11.6 Å². The van der Waals surface area contributed by atoms with E-state index in [1.54, 1.807) is 12.1 Å². The van der Waals surface area contributed by atoms with Gasteiger partial charge in [-0.1, -0.05) is 12.1 Å². The number of hydrogen-bond donors (Lipinski definition) is 1. The number of carbonyl (C=O) groups is 1. The summed E-state index contributed by atoms with van der Waals surface area (Å²) >= 11 is 0. The van der Waals surface area contributed by atoms with E-state index in [-0.39, 0.29) is 36.1 Å². The molecular formula is C24H30ClF2NO3. The third kappa shape index (κ3) is 6.99. The van der Waals surface area contributed by atoms with Gasteiger partial charge in [-0.2, -0.15) is 0 Å². The summed E-state index contributed by atoms with van der Waals surface area (Å²) in [4.78, 5) is 13.4. The minimum absolute atomic E-state index is 0. The summed E-state index contributed by atoms with van der Waals surface area (Å²) in [6, 6.07) is 9.38. The first-order chi connectivity index (χ1) is 14.3. The van der Waals surface area contributed by atoms with E-state index in [9.17, 15) is 18.7 Å². The molecule has 1 aliphatic heterocycles. The van der Waals surface area contributed by atoms with E-state index in [2.05, 4.69) is 4.90 Å². The normalized spacial score (nSPS) is 17.7. The van der Waals surface area contributed by atoms with Crippen LogP contribution in [0, 0.1) is 31.4 Å². The number of benzene rings is 2. The van der Waals surface area contributed by atoms with Crippen LogP contribution >= 0.6 is 12.4 Å². The van der Waals surface area contributed by atoms with Crippen LogP contribution in [0.25, 0.3) is 0 Å². The van der Waals surface area contributed by atoms with Gasteiger partial charge in [0.25, 0.3) is 0 Å². The third-order valence-electron chi connectivity index (χ3n) is 5.87. The van der Waals surface area contributed by atoms with Gasteiger partial charge in [0.2, 0.25) is 0 Å². The molecule has 0 saturated carbocycles. The lowest BCUT2D eigenvalue weighted by Gasteiger charge is -2.31. The van der Waals surface area contributed by atoms with Gasteiger partial charge in [0.15, 0.2) is 0 Å². The zero-order chi connectivity index (χ0) is 21.7. The number of carboxylic acids is 1. The third-order valence-corrected chi connectivity index (χ3v) is 5.87. The molecule has 0 aliphatic carbocycles. The minimum atomic E-state index is -0.743. The summed E-state index contributed by atoms with van der Waals surface area (Å²) in [5, 5.41) is 9.27. The molecular weight excluding hydrogens is 424 g/mol. The first kappa shape index (κ1) is 25.2. The highest BCUT2D eigenvalue weighted by Crippen LogP contribution is 2.28. The maximum absolute atomic E-state index is 13.6. The number of aryl methyl sites for hydroxylation is 2. The molecule has 0 aromatic heterocycles. The van der Waals surface area contributed by atoms with Gasteiger partial charge < -0.3 is 14.7 Å². The van der Waals surface area contributed by atoms with Crippen molar-refractivity contribution >= 4 is 18.4 Å². The van der Waals surface area contributed by atoms with Crippen LogP contribution in [0.15, 0.2) is 36.4 Å². The fourth-order valence-corrected chi connectivity index (χ4v) is 4.13. The summed E-state index contributed by atoms with van der Waals surface area (Å²) in [5.74, 6) is -1.63. The predicted molar refractivity (Wildman–Crippen MR) is 119 cm³/mol. The molecule has 3 rings (SSSR count). The number of rotatable bonds is 8. The number of hydrogen-bond acceptors (Lipinski definition) is 3. The van der Waals surface area contributed by atoms with Crippen molar-refractivity contribution in [2.75, 3.05) is 26.2 Å². The van der Waals surface area contributed by atoms with E-state index in [0.29, 0.717) is 32.5 Å². The topological polar surface area (TPSA) is 49.8 Å². The quantitative estimate of drug-likeness (QED) is 0.604. The smallest absolute Gasteiger partial charge is 0.307 e. The van der Waals surface area contributed by atoms with Crippen molar-refractivity contribution in [3.05, 3.63) is 70.3 Å². The second kappa shape index (κ2) is 11.6. The van der Waals surface area contributed by atoms with E-state index in [0.717, 1.165) is 35.2 Å². The predicted octanol–water partition coefficient (Wildman–Crippen LogP) is 5.10. The molecule has 7 heteroatoms. The Morgan fingerprint density at radius 3 is 2.48 bits per heavy atom. The van der Waals surface area contributed by atoms with Crippen LogP contribution in [0.4, 0.5) is 8.78 Å². The number of ether oxygens (including phenoxy) is 1. The summed E-state index contributed by atoms with van der Waals surface area (Å²) in [6.45, 7) is 6.21. The molecule has 1 saturated heterocycles. The Morgan fingerprint density at radius 1 is 1.16 bits per heavy atom. The second-order valence-electron chi connectivity index (χ2n) is 8.11. The number of piperidine rings is 1. The average Bonchev–Trinajstić information content (AvgIpc) is 2.69. The lowest BCUT2D eigenvalue weighted by molar-refractivity contribution is -0.143. The highest BCUT2D eigenvalue weighted by atomic mass is 35.5. The number of aliphatic carboxylic acids is 1. The molecule has 0 bridgehead atoms. The van der Waals surface area contributed by atoms with Gasteiger partial charge in [-0.15, -0.1) is 12.4 Å². The highest BCUT2D eigenvalue weighted by Gasteiger charge is 2.25. The van der Waals surface area contributed by atoms with E-state index >= 15 is 0 Å². The molecule has 1 aliphatic rings. The first-order valence-electron chi connectivity index (χ1n) is 10.4. The van der Waals surface area contributed by atoms with Gasteiger partial charge in [-0.25, -0.2) is 8.78 Å². The highest BCUT2D eigenvalue weighted by molar-refractivity contribution is 5.85. The van der Waals surface area contributed by atoms with E-state index in [1.165, 1.54) is 24.3 Å². The Bertz CT molecular complexity index is 893. The van der Waals surface area contributed by atoms with Crippen LogP contribution in [0.1, 0.15) is 41.2 Å².